The molecule has 90 valence electrons. The molecule has 1 aromatic rings. The zero-order valence-corrected chi connectivity index (χ0v) is 10.9. The van der Waals surface area contributed by atoms with Gasteiger partial charge in [-0.3, -0.25) is 14.2 Å². The molecule has 4 heteroatoms. The molecule has 0 aromatic heterocycles. The number of carbonyl (C=O) groups is 1. The van der Waals surface area contributed by atoms with Crippen LogP contribution in [-0.4, -0.2) is 36.9 Å². The average molecular weight is 249 g/mol. The summed E-state index contributed by atoms with van der Waals surface area (Å²) < 4.78 is 0.854. The Bertz CT molecular complexity index is 462. The molecule has 2 heterocycles. The Morgan fingerprint density at radius 1 is 1.41 bits per heavy atom. The van der Waals surface area contributed by atoms with Gasteiger partial charge in [0.2, 0.25) is 5.91 Å². The van der Waals surface area contributed by atoms with E-state index in [0.717, 1.165) is 36.4 Å². The molecule has 1 aromatic carbocycles. The van der Waals surface area contributed by atoms with Crippen molar-refractivity contribution in [3.05, 3.63) is 24.3 Å². The second-order valence-electron chi connectivity index (χ2n) is 5.04. The van der Waals surface area contributed by atoms with Gasteiger partial charge in [0, 0.05) is 19.0 Å². The number of quaternary nitrogens is 1. The van der Waals surface area contributed by atoms with E-state index in [1.165, 1.54) is 10.6 Å². The predicted octanol–water partition coefficient (Wildman–Crippen LogP) is 2.27. The van der Waals surface area contributed by atoms with Crippen LogP contribution in [0, 0.1) is 0 Å². The third-order valence-electron chi connectivity index (χ3n) is 3.61. The fraction of sp³-hybridized carbons (Fsp3) is 0.462. The van der Waals surface area contributed by atoms with Gasteiger partial charge >= 0.3 is 0 Å². The minimum absolute atomic E-state index is 0.318. The van der Waals surface area contributed by atoms with E-state index in [0.29, 0.717) is 5.91 Å². The molecule has 0 N–H and O–H groups in total. The summed E-state index contributed by atoms with van der Waals surface area (Å²) in [5.41, 5.74) is 1.36. The Labute approximate surface area is 106 Å². The minimum atomic E-state index is 0.318. The first-order chi connectivity index (χ1) is 8.19. The zero-order chi connectivity index (χ0) is 11.9. The lowest BCUT2D eigenvalue weighted by Gasteiger charge is -2.32. The van der Waals surface area contributed by atoms with Crippen molar-refractivity contribution >= 4 is 23.4 Å². The molecule has 0 aliphatic carbocycles. The van der Waals surface area contributed by atoms with Crippen LogP contribution in [0.1, 0.15) is 12.8 Å². The van der Waals surface area contributed by atoms with Gasteiger partial charge in [-0.1, -0.05) is 23.9 Å². The molecule has 17 heavy (non-hydrogen) atoms. The third-order valence-corrected chi connectivity index (χ3v) is 4.96. The van der Waals surface area contributed by atoms with Crippen LogP contribution in [0.2, 0.25) is 0 Å². The highest BCUT2D eigenvalue weighted by molar-refractivity contribution is 7.99. The molecule has 0 spiro atoms. The summed E-state index contributed by atoms with van der Waals surface area (Å²) in [6, 6.07) is 8.54. The van der Waals surface area contributed by atoms with Gasteiger partial charge in [-0.15, -0.1) is 0 Å². The molecule has 1 saturated heterocycles. The maximum absolute atomic E-state index is 11.7. The lowest BCUT2D eigenvalue weighted by atomic mass is 10.3. The first-order valence-electron chi connectivity index (χ1n) is 6.04. The van der Waals surface area contributed by atoms with E-state index >= 15 is 0 Å². The Kier molecular flexibility index (Phi) is 2.64. The van der Waals surface area contributed by atoms with Crippen molar-refractivity contribution in [3.8, 4) is 0 Å². The van der Waals surface area contributed by atoms with Crippen LogP contribution >= 0.6 is 11.8 Å². The van der Waals surface area contributed by atoms with E-state index in [4.69, 9.17) is 0 Å². The molecular weight excluding hydrogens is 232 g/mol. The third kappa shape index (κ3) is 1.85. The number of nitrogens with zero attached hydrogens (tertiary/aromatic N) is 2. The van der Waals surface area contributed by atoms with Crippen LogP contribution in [0.25, 0.3) is 0 Å². The number of fused-ring (bicyclic) bond motifs is 1. The van der Waals surface area contributed by atoms with Gasteiger partial charge in [0.25, 0.3) is 0 Å². The molecule has 0 bridgehead atoms. The number of amides is 1. The van der Waals surface area contributed by atoms with Crippen LogP contribution in [0.3, 0.4) is 0 Å². The SMILES string of the molecule is C[N+]1(CN2CCCC2=O)CSc2ccccc21. The van der Waals surface area contributed by atoms with Crippen LogP contribution in [0.15, 0.2) is 29.2 Å². The maximum atomic E-state index is 11.7. The summed E-state index contributed by atoms with van der Waals surface area (Å²) >= 11 is 1.89. The lowest BCUT2D eigenvalue weighted by Crippen LogP contribution is -2.51. The second-order valence-corrected chi connectivity index (χ2v) is 6.03. The van der Waals surface area contributed by atoms with Crippen LogP contribution < -0.4 is 4.48 Å². The van der Waals surface area contributed by atoms with Crippen molar-refractivity contribution < 1.29 is 4.79 Å². The summed E-state index contributed by atoms with van der Waals surface area (Å²) in [7, 11) is 2.23. The molecule has 3 nitrogen and oxygen atoms in total. The van der Waals surface area contributed by atoms with E-state index in [2.05, 4.69) is 31.3 Å². The van der Waals surface area contributed by atoms with Gasteiger partial charge in [-0.05, 0) is 12.5 Å². The number of rotatable bonds is 2. The van der Waals surface area contributed by atoms with Crippen LogP contribution in [-0.2, 0) is 4.79 Å². The number of benzene rings is 1. The van der Waals surface area contributed by atoms with Crippen LogP contribution in [0.4, 0.5) is 5.69 Å². The monoisotopic (exact) mass is 249 g/mol. The van der Waals surface area contributed by atoms with E-state index in [1.54, 1.807) is 0 Å². The summed E-state index contributed by atoms with van der Waals surface area (Å²) in [5.74, 6) is 1.35. The molecular formula is C13H17N2OS+. The van der Waals surface area contributed by atoms with Crippen molar-refractivity contribution in [2.75, 3.05) is 26.1 Å². The summed E-state index contributed by atoms with van der Waals surface area (Å²) in [6.07, 6.45) is 1.75. The molecule has 1 atom stereocenters. The molecule has 2 aliphatic rings. The molecule has 1 fully saturated rings. The topological polar surface area (TPSA) is 20.3 Å². The Hall–Kier alpha value is -1.00. The second kappa shape index (κ2) is 4.03. The molecule has 1 amide bonds. The summed E-state index contributed by atoms with van der Waals surface area (Å²) in [6.45, 7) is 1.75. The summed E-state index contributed by atoms with van der Waals surface area (Å²) in [5, 5.41) is 0. The van der Waals surface area contributed by atoms with Crippen molar-refractivity contribution in [2.24, 2.45) is 0 Å². The molecule has 3 rings (SSSR count). The Morgan fingerprint density at radius 2 is 2.24 bits per heavy atom. The number of carbonyl (C=O) groups excluding carboxylic acids is 1. The minimum Gasteiger partial charge on any atom is -0.295 e. The first kappa shape index (κ1) is 11.1. The first-order valence-corrected chi connectivity index (χ1v) is 7.02. The highest BCUT2D eigenvalue weighted by Crippen LogP contribution is 2.42. The molecule has 0 saturated carbocycles. The fourth-order valence-corrected chi connectivity index (χ4v) is 3.91. The van der Waals surface area contributed by atoms with Gasteiger partial charge in [-0.25, -0.2) is 0 Å². The summed E-state index contributed by atoms with van der Waals surface area (Å²) in [4.78, 5) is 15.1. The quantitative estimate of drug-likeness (QED) is 0.749. The largest absolute Gasteiger partial charge is 0.295 e. The van der Waals surface area contributed by atoms with Crippen molar-refractivity contribution in [2.45, 2.75) is 17.7 Å². The number of hydrogen-bond donors (Lipinski definition) is 0. The maximum Gasteiger partial charge on any atom is 0.226 e. The smallest absolute Gasteiger partial charge is 0.226 e. The van der Waals surface area contributed by atoms with Gasteiger partial charge in [0.1, 0.15) is 11.6 Å². The van der Waals surface area contributed by atoms with E-state index in [-0.39, 0.29) is 0 Å². The number of likely N-dealkylation sites (tertiary alicyclic amines) is 1. The molecule has 0 radical (unpaired) electrons. The number of hydrogen-bond acceptors (Lipinski definition) is 2. The lowest BCUT2D eigenvalue weighted by molar-refractivity contribution is -0.129. The van der Waals surface area contributed by atoms with Gasteiger partial charge in [0.05, 0.1) is 11.9 Å². The van der Waals surface area contributed by atoms with E-state index < -0.39 is 0 Å². The van der Waals surface area contributed by atoms with Gasteiger partial charge < -0.3 is 0 Å². The number of para-hydroxylation sites is 1. The number of thioether (sulfide) groups is 1. The predicted molar refractivity (Wildman–Crippen MR) is 70.7 cm³/mol. The van der Waals surface area contributed by atoms with Crippen molar-refractivity contribution in [1.82, 2.24) is 9.38 Å². The van der Waals surface area contributed by atoms with Crippen LogP contribution in [0.5, 0.6) is 0 Å². The Balaban J connectivity index is 1.85. The van der Waals surface area contributed by atoms with Crippen molar-refractivity contribution in [3.63, 3.8) is 0 Å². The highest BCUT2D eigenvalue weighted by atomic mass is 32.2. The normalized spacial score (nSPS) is 27.6. The average Bonchev–Trinajstić information content (AvgIpc) is 2.87. The fourth-order valence-electron chi connectivity index (χ4n) is 2.65. The zero-order valence-electron chi connectivity index (χ0n) is 10.1. The van der Waals surface area contributed by atoms with Crippen molar-refractivity contribution in [1.29, 1.82) is 0 Å². The van der Waals surface area contributed by atoms with E-state index in [9.17, 15) is 4.79 Å². The van der Waals surface area contributed by atoms with Gasteiger partial charge in [-0.2, -0.15) is 0 Å². The molecule has 1 unspecified atom stereocenters. The van der Waals surface area contributed by atoms with Gasteiger partial charge in [0.15, 0.2) is 6.67 Å². The van der Waals surface area contributed by atoms with E-state index in [1.807, 2.05) is 16.7 Å². The highest BCUT2D eigenvalue weighted by Gasteiger charge is 2.38. The standard InChI is InChI=1S/C13H17N2OS/c1-15(9-14-8-4-7-13(14)16)10-17-12-6-3-2-5-11(12)15/h2-3,5-6H,4,7-10H2,1H3/q+1. The Morgan fingerprint density at radius 3 is 3.00 bits per heavy atom. The molecule has 2 aliphatic heterocycles.